The van der Waals surface area contributed by atoms with Crippen molar-refractivity contribution in [2.75, 3.05) is 18.8 Å². The monoisotopic (exact) mass is 186 g/mol. The normalized spacial score (nSPS) is 42.2. The lowest BCUT2D eigenvalue weighted by atomic mass is 10.2. The maximum Gasteiger partial charge on any atom is 0.0221 e. The number of nitrogens with one attached hydrogen (secondary N) is 2. The highest BCUT2D eigenvalue weighted by Crippen LogP contribution is 2.21. The van der Waals surface area contributed by atoms with Crippen LogP contribution < -0.4 is 10.6 Å². The topological polar surface area (TPSA) is 24.1 Å². The summed E-state index contributed by atoms with van der Waals surface area (Å²) >= 11 is 4.34. The van der Waals surface area contributed by atoms with Crippen molar-refractivity contribution in [3.63, 3.8) is 0 Å². The molecule has 3 atom stereocenters. The number of fused-ring (bicyclic) bond motifs is 1. The van der Waals surface area contributed by atoms with E-state index in [0.29, 0.717) is 0 Å². The molecule has 1 aliphatic heterocycles. The molecular weight excluding hydrogens is 168 g/mol. The van der Waals surface area contributed by atoms with Crippen LogP contribution in [0.15, 0.2) is 0 Å². The molecule has 1 aliphatic carbocycles. The second kappa shape index (κ2) is 3.99. The third kappa shape index (κ3) is 1.78. The fourth-order valence-electron chi connectivity index (χ4n) is 2.29. The fourth-order valence-corrected chi connectivity index (χ4v) is 2.54. The number of thiol groups is 1. The molecule has 3 heteroatoms. The predicted octanol–water partition coefficient (Wildman–Crippen LogP) is 0.646. The van der Waals surface area contributed by atoms with Gasteiger partial charge in [-0.25, -0.2) is 0 Å². The van der Waals surface area contributed by atoms with Crippen LogP contribution >= 0.6 is 12.6 Å². The molecule has 0 spiro atoms. The Morgan fingerprint density at radius 3 is 2.17 bits per heavy atom. The molecule has 2 N–H and O–H groups in total. The second-order valence-electron chi connectivity index (χ2n) is 4.01. The Kier molecular flexibility index (Phi) is 2.94. The molecule has 0 amide bonds. The summed E-state index contributed by atoms with van der Waals surface area (Å²) in [5.74, 6) is 1.72. The van der Waals surface area contributed by atoms with Gasteiger partial charge in [0.2, 0.25) is 0 Å². The summed E-state index contributed by atoms with van der Waals surface area (Å²) in [7, 11) is 0. The van der Waals surface area contributed by atoms with Crippen LogP contribution in [0.5, 0.6) is 0 Å². The van der Waals surface area contributed by atoms with Crippen LogP contribution in [0.25, 0.3) is 0 Å². The van der Waals surface area contributed by atoms with Crippen LogP contribution in [0.1, 0.15) is 19.3 Å². The van der Waals surface area contributed by atoms with Gasteiger partial charge in [0.1, 0.15) is 0 Å². The van der Waals surface area contributed by atoms with Gasteiger partial charge in [-0.2, -0.15) is 12.6 Å². The van der Waals surface area contributed by atoms with E-state index in [4.69, 9.17) is 0 Å². The molecule has 2 aliphatic rings. The maximum absolute atomic E-state index is 4.34. The Hall–Kier alpha value is 0.270. The van der Waals surface area contributed by atoms with Crippen LogP contribution in [0.3, 0.4) is 0 Å². The Morgan fingerprint density at radius 1 is 1.08 bits per heavy atom. The van der Waals surface area contributed by atoms with Crippen molar-refractivity contribution in [2.45, 2.75) is 31.3 Å². The molecule has 0 bridgehead atoms. The summed E-state index contributed by atoms with van der Waals surface area (Å²) in [4.78, 5) is 0. The average Bonchev–Trinajstić information content (AvgIpc) is 2.46. The molecule has 2 nitrogen and oxygen atoms in total. The van der Waals surface area contributed by atoms with Gasteiger partial charge >= 0.3 is 0 Å². The lowest BCUT2D eigenvalue weighted by Crippen LogP contribution is -2.40. The quantitative estimate of drug-likeness (QED) is 0.524. The standard InChI is InChI=1S/C9H18N2S/c12-6-7-4-10-8-2-1-3-9(8)11-5-7/h7-12H,1-6H2/t7-,8+,9-. The zero-order valence-electron chi connectivity index (χ0n) is 7.42. The number of hydrogen-bond donors (Lipinski definition) is 3. The van der Waals surface area contributed by atoms with E-state index in [-0.39, 0.29) is 0 Å². The van der Waals surface area contributed by atoms with Crippen LogP contribution in [-0.2, 0) is 0 Å². The van der Waals surface area contributed by atoms with Crippen LogP contribution in [-0.4, -0.2) is 30.9 Å². The fraction of sp³-hybridized carbons (Fsp3) is 1.00. The lowest BCUT2D eigenvalue weighted by molar-refractivity contribution is 0.460. The minimum Gasteiger partial charge on any atom is -0.312 e. The largest absolute Gasteiger partial charge is 0.312 e. The molecule has 0 aromatic rings. The summed E-state index contributed by atoms with van der Waals surface area (Å²) in [6.07, 6.45) is 4.11. The first-order valence-electron chi connectivity index (χ1n) is 4.98. The minimum absolute atomic E-state index is 0.721. The van der Waals surface area contributed by atoms with Gasteiger partial charge in [0.05, 0.1) is 0 Å². The number of hydrogen-bond acceptors (Lipinski definition) is 3. The molecular formula is C9H18N2S. The van der Waals surface area contributed by atoms with Crippen molar-refractivity contribution < 1.29 is 0 Å². The molecule has 12 heavy (non-hydrogen) atoms. The van der Waals surface area contributed by atoms with Crippen molar-refractivity contribution in [2.24, 2.45) is 5.92 Å². The summed E-state index contributed by atoms with van der Waals surface area (Å²) in [5.41, 5.74) is 0. The van der Waals surface area contributed by atoms with Crippen molar-refractivity contribution in [1.82, 2.24) is 10.6 Å². The third-order valence-corrected chi connectivity index (χ3v) is 3.63. The molecule has 0 radical (unpaired) electrons. The summed E-state index contributed by atoms with van der Waals surface area (Å²) in [6.45, 7) is 2.30. The van der Waals surface area contributed by atoms with Gasteiger partial charge < -0.3 is 10.6 Å². The first-order valence-corrected chi connectivity index (χ1v) is 5.61. The Morgan fingerprint density at radius 2 is 1.67 bits per heavy atom. The molecule has 70 valence electrons. The molecule has 1 heterocycles. The highest BCUT2D eigenvalue weighted by molar-refractivity contribution is 7.80. The van der Waals surface area contributed by atoms with E-state index in [1.807, 2.05) is 0 Å². The minimum atomic E-state index is 0.721. The summed E-state index contributed by atoms with van der Waals surface area (Å²) < 4.78 is 0. The summed E-state index contributed by atoms with van der Waals surface area (Å²) in [6, 6.07) is 1.49. The van der Waals surface area contributed by atoms with E-state index in [2.05, 4.69) is 23.3 Å². The van der Waals surface area contributed by atoms with Gasteiger partial charge in [-0.1, -0.05) is 6.42 Å². The van der Waals surface area contributed by atoms with Crippen LogP contribution in [0.4, 0.5) is 0 Å². The van der Waals surface area contributed by atoms with Crippen molar-refractivity contribution >= 4 is 12.6 Å². The van der Waals surface area contributed by atoms with Gasteiger partial charge in [0.25, 0.3) is 0 Å². The van der Waals surface area contributed by atoms with E-state index in [0.717, 1.165) is 36.8 Å². The Bertz CT molecular complexity index is 137. The molecule has 1 saturated carbocycles. The highest BCUT2D eigenvalue weighted by atomic mass is 32.1. The van der Waals surface area contributed by atoms with Crippen molar-refractivity contribution in [3.05, 3.63) is 0 Å². The highest BCUT2D eigenvalue weighted by Gasteiger charge is 2.29. The molecule has 2 rings (SSSR count). The molecule has 2 fully saturated rings. The van der Waals surface area contributed by atoms with Gasteiger partial charge in [-0.3, -0.25) is 0 Å². The third-order valence-electron chi connectivity index (χ3n) is 3.11. The van der Waals surface area contributed by atoms with E-state index in [1.165, 1.54) is 19.3 Å². The second-order valence-corrected chi connectivity index (χ2v) is 4.37. The van der Waals surface area contributed by atoms with Gasteiger partial charge in [0, 0.05) is 25.2 Å². The van der Waals surface area contributed by atoms with Crippen molar-refractivity contribution in [3.8, 4) is 0 Å². The zero-order chi connectivity index (χ0) is 8.39. The van der Waals surface area contributed by atoms with E-state index >= 15 is 0 Å². The van der Waals surface area contributed by atoms with E-state index < -0.39 is 0 Å². The zero-order valence-corrected chi connectivity index (χ0v) is 8.32. The average molecular weight is 186 g/mol. The molecule has 1 saturated heterocycles. The first-order chi connectivity index (χ1) is 5.90. The maximum atomic E-state index is 4.34. The summed E-state index contributed by atoms with van der Waals surface area (Å²) in [5, 5.41) is 7.27. The number of rotatable bonds is 1. The Balaban J connectivity index is 1.90. The van der Waals surface area contributed by atoms with Crippen LogP contribution in [0.2, 0.25) is 0 Å². The Labute approximate surface area is 79.9 Å². The smallest absolute Gasteiger partial charge is 0.0221 e. The van der Waals surface area contributed by atoms with Gasteiger partial charge in [0.15, 0.2) is 0 Å². The molecule has 0 unspecified atom stereocenters. The van der Waals surface area contributed by atoms with E-state index in [9.17, 15) is 0 Å². The lowest BCUT2D eigenvalue weighted by Gasteiger charge is -2.16. The predicted molar refractivity (Wildman–Crippen MR) is 54.8 cm³/mol. The molecule has 0 aromatic carbocycles. The van der Waals surface area contributed by atoms with Crippen molar-refractivity contribution in [1.29, 1.82) is 0 Å². The van der Waals surface area contributed by atoms with Crippen LogP contribution in [0, 0.1) is 5.92 Å². The SMILES string of the molecule is SC[C@@H]1CN[C@H]2CCC[C@H]2NC1. The van der Waals surface area contributed by atoms with Gasteiger partial charge in [-0.05, 0) is 24.5 Å². The molecule has 0 aromatic heterocycles. The first kappa shape index (κ1) is 8.85. The van der Waals surface area contributed by atoms with E-state index in [1.54, 1.807) is 0 Å². The van der Waals surface area contributed by atoms with Gasteiger partial charge in [-0.15, -0.1) is 0 Å².